The van der Waals surface area contributed by atoms with Crippen LogP contribution in [0.3, 0.4) is 0 Å². The number of rotatable bonds is 2. The van der Waals surface area contributed by atoms with E-state index in [0.29, 0.717) is 6.07 Å². The van der Waals surface area contributed by atoms with Crippen LogP contribution in [-0.2, 0) is 11.0 Å². The summed E-state index contributed by atoms with van der Waals surface area (Å²) >= 11 is 5.42. The molecule has 0 aliphatic heterocycles. The Morgan fingerprint density at radius 3 is 2.44 bits per heavy atom. The van der Waals surface area contributed by atoms with Crippen LogP contribution >= 0.6 is 11.6 Å². The van der Waals surface area contributed by atoms with Gasteiger partial charge in [0.25, 0.3) is 0 Å². The molecule has 16 heavy (non-hydrogen) atoms. The zero-order valence-electron chi connectivity index (χ0n) is 7.75. The van der Waals surface area contributed by atoms with Crippen LogP contribution in [0.5, 0.6) is 0 Å². The fourth-order valence-corrected chi connectivity index (χ4v) is 1.35. The highest BCUT2D eigenvalue weighted by atomic mass is 35.5. The first-order chi connectivity index (χ1) is 7.23. The maximum Gasteiger partial charge on any atom is 0.416 e. The second-order valence-corrected chi connectivity index (χ2v) is 3.48. The Balaban J connectivity index is 3.34. The molecular weight excluding hydrogens is 247 g/mol. The Bertz CT molecular complexity index is 420. The highest BCUT2D eigenvalue weighted by Crippen LogP contribution is 2.35. The number of aliphatic carboxylic acids is 1. The molecule has 0 aromatic heterocycles. The van der Waals surface area contributed by atoms with E-state index in [9.17, 15) is 18.0 Å². The fourth-order valence-electron chi connectivity index (χ4n) is 1.18. The van der Waals surface area contributed by atoms with Crippen molar-refractivity contribution in [2.45, 2.75) is 12.2 Å². The lowest BCUT2D eigenvalue weighted by Crippen LogP contribution is -2.24. The van der Waals surface area contributed by atoms with Gasteiger partial charge in [-0.05, 0) is 17.7 Å². The molecule has 1 aromatic rings. The summed E-state index contributed by atoms with van der Waals surface area (Å²) in [6, 6.07) is 1.05. The van der Waals surface area contributed by atoms with E-state index in [-0.39, 0.29) is 5.02 Å². The number of hydrogen-bond acceptors (Lipinski definition) is 2. The van der Waals surface area contributed by atoms with Gasteiger partial charge in [-0.3, -0.25) is 4.79 Å². The fraction of sp³-hybridized carbons (Fsp3) is 0.222. The zero-order valence-corrected chi connectivity index (χ0v) is 8.51. The lowest BCUT2D eigenvalue weighted by atomic mass is 10.0. The maximum atomic E-state index is 12.5. The van der Waals surface area contributed by atoms with Crippen molar-refractivity contribution in [1.29, 1.82) is 0 Å². The summed E-state index contributed by atoms with van der Waals surface area (Å²) in [6.45, 7) is 0. The number of benzene rings is 1. The smallest absolute Gasteiger partial charge is 0.416 e. The van der Waals surface area contributed by atoms with Crippen LogP contribution in [0.1, 0.15) is 17.2 Å². The van der Waals surface area contributed by atoms with Gasteiger partial charge in [-0.25, -0.2) is 0 Å². The SMILES string of the molecule is N[C@H](C(=O)O)c1ccc(Cl)cc1C(F)(F)F. The van der Waals surface area contributed by atoms with E-state index in [1.165, 1.54) is 0 Å². The number of halogens is 4. The molecule has 1 rings (SSSR count). The monoisotopic (exact) mass is 253 g/mol. The summed E-state index contributed by atoms with van der Waals surface area (Å²) in [5, 5.41) is 8.44. The van der Waals surface area contributed by atoms with Gasteiger partial charge in [0.2, 0.25) is 0 Å². The lowest BCUT2D eigenvalue weighted by molar-refractivity contribution is -0.141. The second-order valence-electron chi connectivity index (χ2n) is 3.05. The normalized spacial score (nSPS) is 13.6. The third kappa shape index (κ3) is 2.65. The van der Waals surface area contributed by atoms with Gasteiger partial charge in [-0.2, -0.15) is 13.2 Å². The Labute approximate surface area is 93.6 Å². The first kappa shape index (κ1) is 12.8. The van der Waals surface area contributed by atoms with Crippen molar-refractivity contribution in [1.82, 2.24) is 0 Å². The lowest BCUT2D eigenvalue weighted by Gasteiger charge is -2.15. The third-order valence-electron chi connectivity index (χ3n) is 1.92. The topological polar surface area (TPSA) is 63.3 Å². The molecular formula is C9H7ClF3NO2. The molecule has 0 spiro atoms. The summed E-state index contributed by atoms with van der Waals surface area (Å²) in [4.78, 5) is 10.5. The molecule has 0 radical (unpaired) electrons. The van der Waals surface area contributed by atoms with Crippen LogP contribution < -0.4 is 5.73 Å². The predicted octanol–water partition coefficient (Wildman–Crippen LogP) is 2.44. The van der Waals surface area contributed by atoms with Gasteiger partial charge in [-0.1, -0.05) is 17.7 Å². The van der Waals surface area contributed by atoms with Gasteiger partial charge in [-0.15, -0.1) is 0 Å². The van der Waals surface area contributed by atoms with Gasteiger partial charge in [0.15, 0.2) is 0 Å². The highest BCUT2D eigenvalue weighted by molar-refractivity contribution is 6.30. The molecule has 3 N–H and O–H groups in total. The van der Waals surface area contributed by atoms with Crippen molar-refractivity contribution in [2.24, 2.45) is 5.73 Å². The summed E-state index contributed by atoms with van der Waals surface area (Å²) in [5.41, 5.74) is 3.50. The average molecular weight is 254 g/mol. The van der Waals surface area contributed by atoms with Crippen molar-refractivity contribution in [3.63, 3.8) is 0 Å². The molecule has 0 fully saturated rings. The molecule has 0 saturated heterocycles. The number of nitrogens with two attached hydrogens (primary N) is 1. The molecule has 0 amide bonds. The van der Waals surface area contributed by atoms with E-state index in [4.69, 9.17) is 22.4 Å². The minimum absolute atomic E-state index is 0.131. The number of carboxylic acid groups (broad SMARTS) is 1. The van der Waals surface area contributed by atoms with Crippen LogP contribution in [-0.4, -0.2) is 11.1 Å². The van der Waals surface area contributed by atoms with Crippen LogP contribution in [0, 0.1) is 0 Å². The van der Waals surface area contributed by atoms with E-state index >= 15 is 0 Å². The van der Waals surface area contributed by atoms with E-state index in [1.54, 1.807) is 0 Å². The van der Waals surface area contributed by atoms with Crippen LogP contribution in [0.15, 0.2) is 18.2 Å². The molecule has 88 valence electrons. The van der Waals surface area contributed by atoms with Crippen LogP contribution in [0.25, 0.3) is 0 Å². The molecule has 1 atom stereocenters. The molecule has 0 aliphatic carbocycles. The summed E-state index contributed by atoms with van der Waals surface area (Å²) in [6.07, 6.45) is -4.69. The van der Waals surface area contributed by atoms with Gasteiger partial charge in [0.1, 0.15) is 6.04 Å². The Morgan fingerprint density at radius 1 is 1.44 bits per heavy atom. The van der Waals surface area contributed by atoms with Crippen molar-refractivity contribution >= 4 is 17.6 Å². The standard InChI is InChI=1S/C9H7ClF3NO2/c10-4-1-2-5(7(14)8(15)16)6(3-4)9(11,12)13/h1-3,7H,14H2,(H,15,16)/t7-/m0/s1. The van der Waals surface area contributed by atoms with Gasteiger partial charge < -0.3 is 10.8 Å². The second kappa shape index (κ2) is 4.31. The average Bonchev–Trinajstić information content (AvgIpc) is 2.15. The first-order valence-corrected chi connectivity index (χ1v) is 4.46. The van der Waals surface area contributed by atoms with Crippen LogP contribution in [0.4, 0.5) is 13.2 Å². The van der Waals surface area contributed by atoms with E-state index in [0.717, 1.165) is 12.1 Å². The van der Waals surface area contributed by atoms with Gasteiger partial charge >= 0.3 is 12.1 Å². The number of alkyl halides is 3. The largest absolute Gasteiger partial charge is 0.480 e. The molecule has 3 nitrogen and oxygen atoms in total. The molecule has 0 heterocycles. The predicted molar refractivity (Wildman–Crippen MR) is 51.0 cm³/mol. The number of carboxylic acids is 1. The van der Waals surface area contributed by atoms with E-state index in [2.05, 4.69) is 0 Å². The van der Waals surface area contributed by atoms with Gasteiger partial charge in [0, 0.05) is 5.02 Å². The van der Waals surface area contributed by atoms with E-state index < -0.39 is 29.3 Å². The minimum atomic E-state index is -4.69. The summed E-state index contributed by atoms with van der Waals surface area (Å²) in [5.74, 6) is -1.53. The van der Waals surface area contributed by atoms with Crippen molar-refractivity contribution in [2.75, 3.05) is 0 Å². The van der Waals surface area contributed by atoms with Gasteiger partial charge in [0.05, 0.1) is 5.56 Å². The highest BCUT2D eigenvalue weighted by Gasteiger charge is 2.36. The molecule has 0 bridgehead atoms. The third-order valence-corrected chi connectivity index (χ3v) is 2.16. The Hall–Kier alpha value is -1.27. The van der Waals surface area contributed by atoms with E-state index in [1.807, 2.05) is 0 Å². The van der Waals surface area contributed by atoms with Crippen molar-refractivity contribution in [3.05, 3.63) is 34.3 Å². The molecule has 0 aliphatic rings. The summed E-state index contributed by atoms with van der Waals surface area (Å²) in [7, 11) is 0. The zero-order chi connectivity index (χ0) is 12.5. The first-order valence-electron chi connectivity index (χ1n) is 4.08. The summed E-state index contributed by atoms with van der Waals surface area (Å²) < 4.78 is 37.6. The molecule has 0 unspecified atom stereocenters. The molecule has 1 aromatic carbocycles. The minimum Gasteiger partial charge on any atom is -0.480 e. The Kier molecular flexibility index (Phi) is 3.44. The maximum absolute atomic E-state index is 12.5. The number of hydrogen-bond donors (Lipinski definition) is 2. The molecule has 0 saturated carbocycles. The Morgan fingerprint density at radius 2 is 2.00 bits per heavy atom. The quantitative estimate of drug-likeness (QED) is 0.851. The number of carbonyl (C=O) groups is 1. The van der Waals surface area contributed by atoms with Crippen molar-refractivity contribution in [3.8, 4) is 0 Å². The van der Waals surface area contributed by atoms with Crippen LogP contribution in [0.2, 0.25) is 5.02 Å². The molecule has 7 heteroatoms. The van der Waals surface area contributed by atoms with Crippen molar-refractivity contribution < 1.29 is 23.1 Å².